The summed E-state index contributed by atoms with van der Waals surface area (Å²) in [5, 5.41) is 2.87. The van der Waals surface area contributed by atoms with Crippen molar-refractivity contribution in [2.24, 2.45) is 0 Å². The van der Waals surface area contributed by atoms with Crippen molar-refractivity contribution in [2.45, 2.75) is 26.5 Å². The Labute approximate surface area is 143 Å². The minimum atomic E-state index is -0.164. The summed E-state index contributed by atoms with van der Waals surface area (Å²) in [6, 6.07) is 14.8. The summed E-state index contributed by atoms with van der Waals surface area (Å²) in [7, 11) is 3.39. The van der Waals surface area contributed by atoms with Crippen LogP contribution in [0, 0.1) is 0 Å². The van der Waals surface area contributed by atoms with Gasteiger partial charge in [0.15, 0.2) is 0 Å². The van der Waals surface area contributed by atoms with Crippen molar-refractivity contribution in [1.82, 2.24) is 4.90 Å². The number of anilines is 1. The van der Waals surface area contributed by atoms with Gasteiger partial charge in [-0.05, 0) is 55.8 Å². The van der Waals surface area contributed by atoms with Gasteiger partial charge in [0, 0.05) is 19.3 Å². The number of carbonyl (C=O) groups is 1. The van der Waals surface area contributed by atoms with E-state index in [0.29, 0.717) is 6.54 Å². The van der Waals surface area contributed by atoms with E-state index in [1.807, 2.05) is 62.4 Å². The normalized spacial score (nSPS) is 10.4. The summed E-state index contributed by atoms with van der Waals surface area (Å²) in [6.07, 6.45) is 0.126. The Kier molecular flexibility index (Phi) is 6.07. The fourth-order valence-electron chi connectivity index (χ4n) is 2.18. The summed E-state index contributed by atoms with van der Waals surface area (Å²) in [4.78, 5) is 13.9. The van der Waals surface area contributed by atoms with E-state index in [4.69, 9.17) is 9.47 Å². The van der Waals surface area contributed by atoms with Crippen LogP contribution in [0.4, 0.5) is 10.5 Å². The van der Waals surface area contributed by atoms with E-state index in [-0.39, 0.29) is 12.1 Å². The van der Waals surface area contributed by atoms with E-state index < -0.39 is 0 Å². The van der Waals surface area contributed by atoms with Crippen LogP contribution >= 0.6 is 0 Å². The lowest BCUT2D eigenvalue weighted by molar-refractivity contribution is 0.220. The zero-order chi connectivity index (χ0) is 17.5. The van der Waals surface area contributed by atoms with Crippen LogP contribution in [0.15, 0.2) is 48.5 Å². The fourth-order valence-corrected chi connectivity index (χ4v) is 2.18. The van der Waals surface area contributed by atoms with Crippen LogP contribution < -0.4 is 14.8 Å². The molecule has 0 aliphatic heterocycles. The van der Waals surface area contributed by atoms with Gasteiger partial charge in [0.2, 0.25) is 0 Å². The van der Waals surface area contributed by atoms with Crippen molar-refractivity contribution in [3.05, 3.63) is 54.1 Å². The molecule has 0 fully saturated rings. The molecule has 1 N–H and O–H groups in total. The van der Waals surface area contributed by atoms with E-state index in [0.717, 1.165) is 22.7 Å². The first-order chi connectivity index (χ1) is 11.5. The van der Waals surface area contributed by atoms with Crippen LogP contribution in [0.3, 0.4) is 0 Å². The summed E-state index contributed by atoms with van der Waals surface area (Å²) in [5.41, 5.74) is 1.77. The van der Waals surface area contributed by atoms with Crippen LogP contribution in [0.1, 0.15) is 19.4 Å². The molecule has 0 aliphatic carbocycles. The molecule has 0 radical (unpaired) electrons. The maximum atomic E-state index is 12.3. The maximum Gasteiger partial charge on any atom is 0.321 e. The highest BCUT2D eigenvalue weighted by Gasteiger charge is 2.10. The van der Waals surface area contributed by atoms with Gasteiger partial charge in [0.1, 0.15) is 11.5 Å². The van der Waals surface area contributed by atoms with Crippen LogP contribution in [0.2, 0.25) is 0 Å². The number of nitrogens with one attached hydrogen (secondary N) is 1. The molecular formula is C19H24N2O3. The average Bonchev–Trinajstić information content (AvgIpc) is 2.56. The lowest BCUT2D eigenvalue weighted by Gasteiger charge is -2.18. The molecule has 5 nitrogen and oxygen atoms in total. The Morgan fingerprint density at radius 1 is 1.04 bits per heavy atom. The van der Waals surface area contributed by atoms with Crippen LogP contribution in [-0.4, -0.2) is 31.2 Å². The van der Waals surface area contributed by atoms with Gasteiger partial charge >= 0.3 is 6.03 Å². The van der Waals surface area contributed by atoms with Crippen molar-refractivity contribution >= 4 is 11.7 Å². The Morgan fingerprint density at radius 2 is 1.62 bits per heavy atom. The summed E-state index contributed by atoms with van der Waals surface area (Å²) >= 11 is 0. The lowest BCUT2D eigenvalue weighted by atomic mass is 10.2. The van der Waals surface area contributed by atoms with Gasteiger partial charge in [0.05, 0.1) is 13.2 Å². The molecule has 5 heteroatoms. The first-order valence-corrected chi connectivity index (χ1v) is 7.89. The molecule has 0 saturated carbocycles. The number of hydrogen-bond donors (Lipinski definition) is 1. The highest BCUT2D eigenvalue weighted by atomic mass is 16.5. The largest absolute Gasteiger partial charge is 0.497 e. The standard InChI is InChI=1S/C19H24N2O3/c1-14(2)24-18-11-7-16(8-12-18)20-19(22)21(3)13-15-5-9-17(23-4)10-6-15/h5-12,14H,13H2,1-4H3,(H,20,22). The van der Waals surface area contributed by atoms with Gasteiger partial charge in [-0.1, -0.05) is 12.1 Å². The molecule has 128 valence electrons. The average molecular weight is 328 g/mol. The van der Waals surface area contributed by atoms with Crippen molar-refractivity contribution in [3.8, 4) is 11.5 Å². The highest BCUT2D eigenvalue weighted by molar-refractivity contribution is 5.89. The van der Waals surface area contributed by atoms with Gasteiger partial charge in [-0.3, -0.25) is 0 Å². The molecule has 0 heterocycles. The number of rotatable bonds is 6. The van der Waals surface area contributed by atoms with Crippen molar-refractivity contribution in [1.29, 1.82) is 0 Å². The molecule has 0 unspecified atom stereocenters. The van der Waals surface area contributed by atoms with Gasteiger partial charge in [0.25, 0.3) is 0 Å². The third-order valence-electron chi connectivity index (χ3n) is 3.40. The van der Waals surface area contributed by atoms with Gasteiger partial charge in [-0.2, -0.15) is 0 Å². The second kappa shape index (κ2) is 8.24. The van der Waals surface area contributed by atoms with Crippen LogP contribution in [0.5, 0.6) is 11.5 Å². The Hall–Kier alpha value is -2.69. The number of urea groups is 1. The zero-order valence-electron chi connectivity index (χ0n) is 14.6. The second-order valence-corrected chi connectivity index (χ2v) is 5.83. The van der Waals surface area contributed by atoms with Crippen molar-refractivity contribution in [2.75, 3.05) is 19.5 Å². The molecule has 0 atom stereocenters. The Bertz CT molecular complexity index is 651. The van der Waals surface area contributed by atoms with E-state index >= 15 is 0 Å². The van der Waals surface area contributed by atoms with Crippen molar-refractivity contribution < 1.29 is 14.3 Å². The number of benzene rings is 2. The molecule has 0 spiro atoms. The van der Waals surface area contributed by atoms with Crippen LogP contribution in [-0.2, 0) is 6.54 Å². The van der Waals surface area contributed by atoms with E-state index in [1.54, 1.807) is 19.1 Å². The number of hydrogen-bond acceptors (Lipinski definition) is 3. The van der Waals surface area contributed by atoms with E-state index in [1.165, 1.54) is 0 Å². The SMILES string of the molecule is COc1ccc(CN(C)C(=O)Nc2ccc(OC(C)C)cc2)cc1. The Balaban J connectivity index is 1.90. The monoisotopic (exact) mass is 328 g/mol. The molecule has 2 amide bonds. The zero-order valence-corrected chi connectivity index (χ0v) is 14.6. The molecule has 0 saturated heterocycles. The Morgan fingerprint density at radius 3 is 2.17 bits per heavy atom. The van der Waals surface area contributed by atoms with Crippen LogP contribution in [0.25, 0.3) is 0 Å². The van der Waals surface area contributed by atoms with E-state index in [2.05, 4.69) is 5.32 Å². The number of ether oxygens (including phenoxy) is 2. The highest BCUT2D eigenvalue weighted by Crippen LogP contribution is 2.18. The summed E-state index contributed by atoms with van der Waals surface area (Å²) < 4.78 is 10.7. The topological polar surface area (TPSA) is 50.8 Å². The second-order valence-electron chi connectivity index (χ2n) is 5.83. The number of amides is 2. The number of nitrogens with zero attached hydrogens (tertiary/aromatic N) is 1. The van der Waals surface area contributed by atoms with E-state index in [9.17, 15) is 4.79 Å². The van der Waals surface area contributed by atoms with Gasteiger partial charge < -0.3 is 19.7 Å². The first-order valence-electron chi connectivity index (χ1n) is 7.89. The summed E-state index contributed by atoms with van der Waals surface area (Å²) in [6.45, 7) is 4.47. The molecule has 2 rings (SSSR count). The molecule has 2 aromatic rings. The molecule has 24 heavy (non-hydrogen) atoms. The minimum Gasteiger partial charge on any atom is -0.497 e. The molecule has 2 aromatic carbocycles. The third kappa shape index (κ3) is 5.19. The number of carbonyl (C=O) groups excluding carboxylic acids is 1. The first kappa shape index (κ1) is 17.7. The predicted molar refractivity (Wildman–Crippen MR) is 95.7 cm³/mol. The third-order valence-corrected chi connectivity index (χ3v) is 3.40. The molecular weight excluding hydrogens is 304 g/mol. The molecule has 0 aromatic heterocycles. The summed E-state index contributed by atoms with van der Waals surface area (Å²) in [5.74, 6) is 1.59. The quantitative estimate of drug-likeness (QED) is 0.867. The molecule has 0 aliphatic rings. The molecule has 0 bridgehead atoms. The lowest BCUT2D eigenvalue weighted by Crippen LogP contribution is -2.30. The smallest absolute Gasteiger partial charge is 0.321 e. The minimum absolute atomic E-state index is 0.126. The van der Waals surface area contributed by atoms with Gasteiger partial charge in [-0.25, -0.2) is 4.79 Å². The predicted octanol–water partition coefficient (Wildman–Crippen LogP) is 4.15. The maximum absolute atomic E-state index is 12.3. The number of methoxy groups -OCH3 is 1. The van der Waals surface area contributed by atoms with Crippen molar-refractivity contribution in [3.63, 3.8) is 0 Å². The fraction of sp³-hybridized carbons (Fsp3) is 0.316. The van der Waals surface area contributed by atoms with Gasteiger partial charge in [-0.15, -0.1) is 0 Å².